The molecule has 0 bridgehead atoms. The second kappa shape index (κ2) is 17.8. The van der Waals surface area contributed by atoms with Crippen molar-refractivity contribution in [1.82, 2.24) is 0 Å². The molecule has 0 saturated heterocycles. The van der Waals surface area contributed by atoms with E-state index in [2.05, 4.69) is 13.8 Å². The van der Waals surface area contributed by atoms with Crippen LogP contribution in [0.25, 0.3) is 0 Å². The van der Waals surface area contributed by atoms with Gasteiger partial charge in [-0.3, -0.25) is 9.59 Å². The van der Waals surface area contributed by atoms with Crippen molar-refractivity contribution in [2.24, 2.45) is 0 Å². The van der Waals surface area contributed by atoms with Crippen LogP contribution >= 0.6 is 0 Å². The van der Waals surface area contributed by atoms with Gasteiger partial charge >= 0.3 is 11.9 Å². The third-order valence-corrected chi connectivity index (χ3v) is 4.34. The van der Waals surface area contributed by atoms with E-state index in [1.165, 1.54) is 51.4 Å². The first-order valence-electron chi connectivity index (χ1n) is 10.4. The minimum atomic E-state index is -0.295. The molecular formula is C21H40O4. The van der Waals surface area contributed by atoms with Gasteiger partial charge in [0.15, 0.2) is 0 Å². The van der Waals surface area contributed by atoms with Crippen LogP contribution in [0.5, 0.6) is 0 Å². The first-order chi connectivity index (χ1) is 12.1. The normalized spacial score (nSPS) is 12.0. The largest absolute Gasteiger partial charge is 0.466 e. The van der Waals surface area contributed by atoms with Gasteiger partial charge in [-0.05, 0) is 26.2 Å². The second-order valence-corrected chi connectivity index (χ2v) is 6.99. The molecule has 0 N–H and O–H groups in total. The SMILES string of the molecule is CCCCCCCCC(C)OC(=O)CCC(=O)OCCCCCCC. The molecule has 0 aromatic carbocycles. The standard InChI is InChI=1S/C21H40O4/c1-4-6-8-10-11-13-15-19(3)25-21(23)17-16-20(22)24-18-14-12-9-7-5-2/h19H,4-18H2,1-3H3. The third kappa shape index (κ3) is 17.6. The quantitative estimate of drug-likeness (QED) is 0.238. The molecule has 0 aromatic rings. The van der Waals surface area contributed by atoms with E-state index in [1.807, 2.05) is 6.92 Å². The molecule has 148 valence electrons. The molecule has 0 aliphatic heterocycles. The van der Waals surface area contributed by atoms with E-state index < -0.39 is 0 Å². The molecule has 0 saturated carbocycles. The van der Waals surface area contributed by atoms with E-state index in [4.69, 9.17) is 9.47 Å². The number of rotatable bonds is 17. The Morgan fingerprint density at radius 1 is 0.720 bits per heavy atom. The van der Waals surface area contributed by atoms with E-state index in [0.29, 0.717) is 6.61 Å². The highest BCUT2D eigenvalue weighted by atomic mass is 16.5. The van der Waals surface area contributed by atoms with Crippen LogP contribution in [0.3, 0.4) is 0 Å². The number of esters is 2. The number of carbonyl (C=O) groups excluding carboxylic acids is 2. The first-order valence-corrected chi connectivity index (χ1v) is 10.4. The van der Waals surface area contributed by atoms with E-state index in [9.17, 15) is 9.59 Å². The highest BCUT2D eigenvalue weighted by molar-refractivity contribution is 5.77. The summed E-state index contributed by atoms with van der Waals surface area (Å²) in [5.41, 5.74) is 0. The second-order valence-electron chi connectivity index (χ2n) is 6.99. The lowest BCUT2D eigenvalue weighted by Gasteiger charge is -2.13. The minimum Gasteiger partial charge on any atom is -0.466 e. The summed E-state index contributed by atoms with van der Waals surface area (Å²) in [6.45, 7) is 6.78. The zero-order valence-electron chi connectivity index (χ0n) is 16.8. The van der Waals surface area contributed by atoms with Crippen LogP contribution in [0.2, 0.25) is 0 Å². The van der Waals surface area contributed by atoms with Gasteiger partial charge in [-0.25, -0.2) is 0 Å². The van der Waals surface area contributed by atoms with Crippen molar-refractivity contribution in [3.8, 4) is 0 Å². The van der Waals surface area contributed by atoms with Crippen LogP contribution in [0.1, 0.15) is 111 Å². The lowest BCUT2D eigenvalue weighted by Crippen LogP contribution is -2.16. The van der Waals surface area contributed by atoms with E-state index >= 15 is 0 Å². The predicted molar refractivity (Wildman–Crippen MR) is 102 cm³/mol. The Morgan fingerprint density at radius 3 is 1.88 bits per heavy atom. The molecule has 25 heavy (non-hydrogen) atoms. The van der Waals surface area contributed by atoms with Gasteiger partial charge in [0.25, 0.3) is 0 Å². The molecule has 0 heterocycles. The molecule has 0 spiro atoms. The smallest absolute Gasteiger partial charge is 0.306 e. The van der Waals surface area contributed by atoms with Gasteiger partial charge in [-0.2, -0.15) is 0 Å². The minimum absolute atomic E-state index is 0.0618. The Hall–Kier alpha value is -1.06. The zero-order valence-corrected chi connectivity index (χ0v) is 16.8. The summed E-state index contributed by atoms with van der Waals surface area (Å²) >= 11 is 0. The Kier molecular flexibility index (Phi) is 17.0. The van der Waals surface area contributed by atoms with Gasteiger partial charge in [-0.15, -0.1) is 0 Å². The van der Waals surface area contributed by atoms with Crippen molar-refractivity contribution in [3.05, 3.63) is 0 Å². The van der Waals surface area contributed by atoms with Crippen molar-refractivity contribution in [1.29, 1.82) is 0 Å². The average Bonchev–Trinajstić information content (AvgIpc) is 2.59. The molecule has 0 amide bonds. The summed E-state index contributed by atoms with van der Waals surface area (Å²) in [5, 5.41) is 0. The third-order valence-electron chi connectivity index (χ3n) is 4.34. The fourth-order valence-corrected chi connectivity index (χ4v) is 2.72. The maximum Gasteiger partial charge on any atom is 0.306 e. The van der Waals surface area contributed by atoms with Crippen LogP contribution < -0.4 is 0 Å². The monoisotopic (exact) mass is 356 g/mol. The van der Waals surface area contributed by atoms with Crippen molar-refractivity contribution in [2.45, 2.75) is 117 Å². The molecule has 0 rings (SSSR count). The highest BCUT2D eigenvalue weighted by Gasteiger charge is 2.12. The maximum atomic E-state index is 11.8. The van der Waals surface area contributed by atoms with Gasteiger partial charge in [0, 0.05) is 0 Å². The summed E-state index contributed by atoms with van der Waals surface area (Å²) in [6, 6.07) is 0. The van der Waals surface area contributed by atoms with Crippen LogP contribution in [0.15, 0.2) is 0 Å². The molecular weight excluding hydrogens is 316 g/mol. The van der Waals surface area contributed by atoms with Gasteiger partial charge < -0.3 is 9.47 Å². The summed E-state index contributed by atoms with van der Waals surface area (Å²) in [7, 11) is 0. The summed E-state index contributed by atoms with van der Waals surface area (Å²) in [4.78, 5) is 23.3. The lowest BCUT2D eigenvalue weighted by molar-refractivity contribution is -0.153. The molecule has 1 unspecified atom stereocenters. The van der Waals surface area contributed by atoms with E-state index in [1.54, 1.807) is 0 Å². The molecule has 0 aromatic heterocycles. The fraction of sp³-hybridized carbons (Fsp3) is 0.905. The molecule has 1 atom stereocenters. The van der Waals surface area contributed by atoms with Crippen molar-refractivity contribution < 1.29 is 19.1 Å². The van der Waals surface area contributed by atoms with Gasteiger partial charge in [0.2, 0.25) is 0 Å². The van der Waals surface area contributed by atoms with E-state index in [-0.39, 0.29) is 30.9 Å². The van der Waals surface area contributed by atoms with Gasteiger partial charge in [-0.1, -0.05) is 71.6 Å². The zero-order chi connectivity index (χ0) is 18.8. The summed E-state index contributed by atoms with van der Waals surface area (Å²) in [6.07, 6.45) is 14.1. The number of ether oxygens (including phenoxy) is 2. The van der Waals surface area contributed by atoms with Gasteiger partial charge in [0.05, 0.1) is 25.6 Å². The first kappa shape index (κ1) is 23.9. The van der Waals surface area contributed by atoms with Crippen molar-refractivity contribution >= 4 is 11.9 Å². The average molecular weight is 357 g/mol. The molecule has 4 heteroatoms. The number of hydrogen-bond acceptors (Lipinski definition) is 4. The van der Waals surface area contributed by atoms with Crippen molar-refractivity contribution in [3.63, 3.8) is 0 Å². The van der Waals surface area contributed by atoms with Crippen LogP contribution in [-0.2, 0) is 19.1 Å². The molecule has 0 radical (unpaired) electrons. The van der Waals surface area contributed by atoms with Crippen LogP contribution in [-0.4, -0.2) is 24.6 Å². The van der Waals surface area contributed by atoms with Gasteiger partial charge in [0.1, 0.15) is 0 Å². The Bertz CT molecular complexity index is 328. The predicted octanol–water partition coefficient (Wildman–Crippen LogP) is 5.96. The van der Waals surface area contributed by atoms with Crippen LogP contribution in [0.4, 0.5) is 0 Å². The highest BCUT2D eigenvalue weighted by Crippen LogP contribution is 2.11. The lowest BCUT2D eigenvalue weighted by atomic mass is 10.1. The fourth-order valence-electron chi connectivity index (χ4n) is 2.72. The molecule has 0 fully saturated rings. The topological polar surface area (TPSA) is 52.6 Å². The van der Waals surface area contributed by atoms with E-state index in [0.717, 1.165) is 25.7 Å². The number of hydrogen-bond donors (Lipinski definition) is 0. The molecule has 4 nitrogen and oxygen atoms in total. The van der Waals surface area contributed by atoms with Crippen molar-refractivity contribution in [2.75, 3.05) is 6.61 Å². The van der Waals surface area contributed by atoms with Crippen LogP contribution in [0, 0.1) is 0 Å². The number of unbranched alkanes of at least 4 members (excludes halogenated alkanes) is 9. The summed E-state index contributed by atoms with van der Waals surface area (Å²) in [5.74, 6) is -0.589. The maximum absolute atomic E-state index is 11.8. The molecule has 0 aliphatic rings. The Labute approximate surface area is 155 Å². The molecule has 0 aliphatic carbocycles. The number of carbonyl (C=O) groups is 2. The Morgan fingerprint density at radius 2 is 1.24 bits per heavy atom. The summed E-state index contributed by atoms with van der Waals surface area (Å²) < 4.78 is 10.5. The Balaban J connectivity index is 3.52.